The van der Waals surface area contributed by atoms with Crippen LogP contribution >= 0.6 is 23.2 Å². The first-order valence-electron chi connectivity index (χ1n) is 8.07. The number of urea groups is 1. The number of methoxy groups -OCH3 is 1. The second kappa shape index (κ2) is 7.90. The van der Waals surface area contributed by atoms with E-state index in [1.165, 1.54) is 0 Å². The third kappa shape index (κ3) is 4.18. The Morgan fingerprint density at radius 2 is 1.81 bits per heavy atom. The van der Waals surface area contributed by atoms with Crippen molar-refractivity contribution in [1.29, 1.82) is 0 Å². The highest BCUT2D eigenvalue weighted by atomic mass is 35.5. The normalized spacial score (nSPS) is 16.4. The average Bonchev–Trinajstić information content (AvgIpc) is 2.63. The summed E-state index contributed by atoms with van der Waals surface area (Å²) in [7, 11) is 1.57. The van der Waals surface area contributed by atoms with Gasteiger partial charge in [-0.3, -0.25) is 4.79 Å². The first-order chi connectivity index (χ1) is 12.9. The number of allylic oxidation sites excluding steroid dienone is 1. The van der Waals surface area contributed by atoms with E-state index < -0.39 is 12.1 Å². The second-order valence-electron chi connectivity index (χ2n) is 5.93. The van der Waals surface area contributed by atoms with Crippen LogP contribution in [0.2, 0.25) is 10.0 Å². The Bertz CT molecular complexity index is 926. The van der Waals surface area contributed by atoms with Gasteiger partial charge in [0.2, 0.25) is 0 Å². The lowest BCUT2D eigenvalue weighted by atomic mass is 9.95. The number of carbonyl (C=O) groups excluding carboxylic acids is 2. The van der Waals surface area contributed by atoms with Crippen LogP contribution in [0.4, 0.5) is 10.5 Å². The maximum atomic E-state index is 12.9. The fourth-order valence-corrected chi connectivity index (χ4v) is 3.12. The van der Waals surface area contributed by atoms with Gasteiger partial charge >= 0.3 is 6.03 Å². The van der Waals surface area contributed by atoms with Crippen molar-refractivity contribution < 1.29 is 14.3 Å². The molecule has 1 aliphatic heterocycles. The van der Waals surface area contributed by atoms with Crippen molar-refractivity contribution in [2.75, 3.05) is 12.4 Å². The summed E-state index contributed by atoms with van der Waals surface area (Å²) in [6.45, 7) is 1.67. The first-order valence-corrected chi connectivity index (χ1v) is 8.83. The van der Waals surface area contributed by atoms with Gasteiger partial charge in [-0.1, -0.05) is 29.3 Å². The van der Waals surface area contributed by atoms with Gasteiger partial charge in [-0.15, -0.1) is 0 Å². The van der Waals surface area contributed by atoms with E-state index in [1.54, 1.807) is 56.5 Å². The SMILES string of the molecule is COc1ccc(NC(=O)C2=C(C)NC(=O)NC2c2ccc(Cl)c(Cl)c2)cc1. The molecule has 3 N–H and O–H groups in total. The zero-order valence-electron chi connectivity index (χ0n) is 14.6. The summed E-state index contributed by atoms with van der Waals surface area (Å²) >= 11 is 12.1. The molecule has 2 aromatic carbocycles. The first kappa shape index (κ1) is 19.1. The summed E-state index contributed by atoms with van der Waals surface area (Å²) in [5.74, 6) is 0.338. The van der Waals surface area contributed by atoms with Gasteiger partial charge in [0.1, 0.15) is 5.75 Å². The maximum Gasteiger partial charge on any atom is 0.319 e. The molecular formula is C19H17Cl2N3O3. The molecule has 1 heterocycles. The summed E-state index contributed by atoms with van der Waals surface area (Å²) in [5.41, 5.74) is 2.09. The number of ether oxygens (including phenoxy) is 1. The van der Waals surface area contributed by atoms with Gasteiger partial charge in [0.15, 0.2) is 0 Å². The topological polar surface area (TPSA) is 79.5 Å². The fraction of sp³-hybridized carbons (Fsp3) is 0.158. The Kier molecular flexibility index (Phi) is 5.58. The van der Waals surface area contributed by atoms with Crippen molar-refractivity contribution in [2.24, 2.45) is 0 Å². The molecule has 0 bridgehead atoms. The Balaban J connectivity index is 1.92. The van der Waals surface area contributed by atoms with Crippen molar-refractivity contribution in [3.63, 3.8) is 0 Å². The van der Waals surface area contributed by atoms with E-state index in [4.69, 9.17) is 27.9 Å². The van der Waals surface area contributed by atoms with Crippen LogP contribution < -0.4 is 20.7 Å². The molecule has 3 rings (SSSR count). The second-order valence-corrected chi connectivity index (χ2v) is 6.74. The van der Waals surface area contributed by atoms with Crippen LogP contribution in [-0.2, 0) is 4.79 Å². The zero-order chi connectivity index (χ0) is 19.6. The average molecular weight is 406 g/mol. The number of halogens is 2. The Hall–Kier alpha value is -2.70. The number of anilines is 1. The lowest BCUT2D eigenvalue weighted by Gasteiger charge is -2.29. The molecule has 1 unspecified atom stereocenters. The molecule has 1 aliphatic rings. The molecule has 27 heavy (non-hydrogen) atoms. The monoisotopic (exact) mass is 405 g/mol. The summed E-state index contributed by atoms with van der Waals surface area (Å²) in [5, 5.41) is 8.95. The molecule has 0 aliphatic carbocycles. The molecule has 0 radical (unpaired) electrons. The Labute approximate surface area is 166 Å². The van der Waals surface area contributed by atoms with Crippen molar-refractivity contribution in [2.45, 2.75) is 13.0 Å². The molecule has 0 spiro atoms. The van der Waals surface area contributed by atoms with E-state index in [2.05, 4.69) is 16.0 Å². The van der Waals surface area contributed by atoms with E-state index in [1.807, 2.05) is 0 Å². The van der Waals surface area contributed by atoms with Gasteiger partial charge < -0.3 is 20.7 Å². The summed E-state index contributed by atoms with van der Waals surface area (Å²) in [6, 6.07) is 10.9. The van der Waals surface area contributed by atoms with Crippen molar-refractivity contribution in [3.8, 4) is 5.75 Å². The quantitative estimate of drug-likeness (QED) is 0.710. The van der Waals surface area contributed by atoms with E-state index >= 15 is 0 Å². The number of hydrogen-bond donors (Lipinski definition) is 3. The van der Waals surface area contributed by atoms with Crippen molar-refractivity contribution in [1.82, 2.24) is 10.6 Å². The standard InChI is InChI=1S/C19H17Cl2N3O3/c1-10-16(18(25)23-12-4-6-13(27-2)7-5-12)17(24-19(26)22-10)11-3-8-14(20)15(21)9-11/h3-9,17H,1-2H3,(H,23,25)(H2,22,24,26). The molecule has 2 aromatic rings. The molecule has 0 aromatic heterocycles. The third-order valence-electron chi connectivity index (χ3n) is 4.14. The Morgan fingerprint density at radius 3 is 2.44 bits per heavy atom. The minimum atomic E-state index is -0.660. The summed E-state index contributed by atoms with van der Waals surface area (Å²) < 4.78 is 5.11. The van der Waals surface area contributed by atoms with Crippen molar-refractivity contribution in [3.05, 3.63) is 69.3 Å². The van der Waals surface area contributed by atoms with Crippen LogP contribution in [0.1, 0.15) is 18.5 Å². The van der Waals surface area contributed by atoms with E-state index in [0.717, 1.165) is 0 Å². The number of rotatable bonds is 4. The molecule has 8 heteroatoms. The van der Waals surface area contributed by atoms with Crippen LogP contribution in [0.25, 0.3) is 0 Å². The lowest BCUT2D eigenvalue weighted by Crippen LogP contribution is -2.45. The van der Waals surface area contributed by atoms with Crippen LogP contribution in [0.15, 0.2) is 53.7 Å². The number of amides is 3. The highest BCUT2D eigenvalue weighted by Gasteiger charge is 2.31. The number of hydrogen-bond acceptors (Lipinski definition) is 3. The molecular weight excluding hydrogens is 389 g/mol. The van der Waals surface area contributed by atoms with E-state index in [9.17, 15) is 9.59 Å². The summed E-state index contributed by atoms with van der Waals surface area (Å²) in [4.78, 5) is 24.9. The van der Waals surface area contributed by atoms with Gasteiger partial charge in [-0.25, -0.2) is 4.79 Å². The van der Waals surface area contributed by atoms with Crippen molar-refractivity contribution >= 4 is 40.8 Å². The highest BCUT2D eigenvalue weighted by Crippen LogP contribution is 2.32. The van der Waals surface area contributed by atoms with E-state index in [-0.39, 0.29) is 5.91 Å². The third-order valence-corrected chi connectivity index (χ3v) is 4.88. The molecule has 1 atom stereocenters. The molecule has 0 saturated heterocycles. The molecule has 0 saturated carbocycles. The predicted molar refractivity (Wildman–Crippen MR) is 105 cm³/mol. The summed E-state index contributed by atoms with van der Waals surface area (Å²) in [6.07, 6.45) is 0. The number of benzene rings is 2. The largest absolute Gasteiger partial charge is 0.497 e. The van der Waals surface area contributed by atoms with Crippen LogP contribution in [0, 0.1) is 0 Å². The van der Waals surface area contributed by atoms with Gasteiger partial charge in [0, 0.05) is 11.4 Å². The van der Waals surface area contributed by atoms with Gasteiger partial charge in [-0.05, 0) is 48.9 Å². The highest BCUT2D eigenvalue weighted by molar-refractivity contribution is 6.42. The van der Waals surface area contributed by atoms with Crippen LogP contribution in [0.3, 0.4) is 0 Å². The Morgan fingerprint density at radius 1 is 1.11 bits per heavy atom. The van der Waals surface area contributed by atoms with Crippen LogP contribution in [-0.4, -0.2) is 19.0 Å². The van der Waals surface area contributed by atoms with Gasteiger partial charge in [0.25, 0.3) is 5.91 Å². The molecule has 3 amide bonds. The van der Waals surface area contributed by atoms with Gasteiger partial charge in [0.05, 0.1) is 28.8 Å². The number of nitrogens with one attached hydrogen (secondary N) is 3. The molecule has 140 valence electrons. The van der Waals surface area contributed by atoms with Gasteiger partial charge in [-0.2, -0.15) is 0 Å². The zero-order valence-corrected chi connectivity index (χ0v) is 16.1. The molecule has 0 fully saturated rings. The van der Waals surface area contributed by atoms with E-state index in [0.29, 0.717) is 38.3 Å². The fourth-order valence-electron chi connectivity index (χ4n) is 2.81. The lowest BCUT2D eigenvalue weighted by molar-refractivity contribution is -0.113. The van der Waals surface area contributed by atoms with Crippen LogP contribution in [0.5, 0.6) is 5.75 Å². The predicted octanol–water partition coefficient (Wildman–Crippen LogP) is 4.27. The minimum Gasteiger partial charge on any atom is -0.497 e. The molecule has 6 nitrogen and oxygen atoms in total. The maximum absolute atomic E-state index is 12.9. The number of carbonyl (C=O) groups is 2. The minimum absolute atomic E-state index is 0.342. The smallest absolute Gasteiger partial charge is 0.319 e.